The molecule has 1 unspecified atom stereocenters. The van der Waals surface area contributed by atoms with Crippen molar-refractivity contribution in [1.29, 1.82) is 0 Å². The summed E-state index contributed by atoms with van der Waals surface area (Å²) in [7, 11) is 1.93. The second-order valence-electron chi connectivity index (χ2n) is 5.75. The largest absolute Gasteiger partial charge is 0.379 e. The lowest BCUT2D eigenvalue weighted by Gasteiger charge is -2.37. The van der Waals surface area contributed by atoms with Gasteiger partial charge in [0.1, 0.15) is 0 Å². The minimum absolute atomic E-state index is 0.170. The molecule has 0 aliphatic carbocycles. The second-order valence-corrected chi connectivity index (χ2v) is 6.73. The molecule has 5 nitrogen and oxygen atoms in total. The van der Waals surface area contributed by atoms with Crippen molar-refractivity contribution in [2.45, 2.75) is 6.04 Å². The summed E-state index contributed by atoms with van der Waals surface area (Å²) in [5, 5.41) is 5.28. The van der Waals surface area contributed by atoms with Gasteiger partial charge in [-0.3, -0.25) is 9.69 Å². The van der Waals surface area contributed by atoms with Crippen LogP contribution in [0.3, 0.4) is 0 Å². The Morgan fingerprint density at radius 3 is 2.86 bits per heavy atom. The summed E-state index contributed by atoms with van der Waals surface area (Å²) in [4.78, 5) is 18.0. The number of hydrogen-bond donors (Lipinski definition) is 1. The van der Waals surface area contributed by atoms with Gasteiger partial charge in [0, 0.05) is 44.6 Å². The van der Waals surface area contributed by atoms with E-state index in [1.807, 2.05) is 11.9 Å². The van der Waals surface area contributed by atoms with E-state index in [0.29, 0.717) is 0 Å². The average Bonchev–Trinajstić information content (AvgIpc) is 2.97. The highest BCUT2D eigenvalue weighted by atomic mass is 32.1. The van der Waals surface area contributed by atoms with Gasteiger partial charge in [-0.25, -0.2) is 0 Å². The summed E-state index contributed by atoms with van der Waals surface area (Å²) in [6.45, 7) is 5.86. The molecule has 6 heteroatoms. The molecule has 0 aromatic carbocycles. The fraction of sp³-hybridized carbons (Fsp3) is 0.667. The van der Waals surface area contributed by atoms with E-state index in [4.69, 9.17) is 4.74 Å². The van der Waals surface area contributed by atoms with E-state index in [-0.39, 0.29) is 17.9 Å². The van der Waals surface area contributed by atoms with E-state index in [2.05, 4.69) is 27.7 Å². The Hall–Kier alpha value is -0.950. The highest BCUT2D eigenvalue weighted by Crippen LogP contribution is 2.27. The number of likely N-dealkylation sites (N-methyl/N-ethyl adjacent to an activating group) is 1. The number of hydrogen-bond acceptors (Lipinski definition) is 5. The standard InChI is InChI=1S/C15H23N3O2S/c1-17(15(19)12-9-16-10-12)11-13(14-3-2-8-21-14)18-4-6-20-7-5-18/h2-3,8,12-13,16H,4-7,9-11H2,1H3. The molecular formula is C15H23N3O2S. The van der Waals surface area contributed by atoms with Crippen LogP contribution in [0, 0.1) is 5.92 Å². The summed E-state index contributed by atoms with van der Waals surface area (Å²) in [6.07, 6.45) is 0. The van der Waals surface area contributed by atoms with E-state index in [1.165, 1.54) is 4.88 Å². The molecule has 2 saturated heterocycles. The summed E-state index contributed by atoms with van der Waals surface area (Å²) in [5.74, 6) is 0.437. The molecule has 1 amide bonds. The van der Waals surface area contributed by atoms with Crippen LogP contribution >= 0.6 is 11.3 Å². The quantitative estimate of drug-likeness (QED) is 0.874. The lowest BCUT2D eigenvalue weighted by atomic mass is 10.0. The van der Waals surface area contributed by atoms with Crippen LogP contribution in [0.15, 0.2) is 17.5 Å². The molecule has 21 heavy (non-hydrogen) atoms. The number of amides is 1. The van der Waals surface area contributed by atoms with Crippen LogP contribution in [-0.2, 0) is 9.53 Å². The monoisotopic (exact) mass is 309 g/mol. The van der Waals surface area contributed by atoms with Crippen LogP contribution in [-0.4, -0.2) is 68.7 Å². The zero-order chi connectivity index (χ0) is 14.7. The SMILES string of the molecule is CN(CC(c1cccs1)N1CCOCC1)C(=O)C1CNC1. The van der Waals surface area contributed by atoms with Gasteiger partial charge < -0.3 is 15.0 Å². The number of morpholine rings is 1. The zero-order valence-electron chi connectivity index (χ0n) is 12.5. The molecule has 1 aromatic heterocycles. The fourth-order valence-corrected chi connectivity index (χ4v) is 3.73. The third kappa shape index (κ3) is 3.45. The average molecular weight is 309 g/mol. The van der Waals surface area contributed by atoms with Crippen molar-refractivity contribution < 1.29 is 9.53 Å². The van der Waals surface area contributed by atoms with Gasteiger partial charge in [-0.15, -0.1) is 11.3 Å². The van der Waals surface area contributed by atoms with Gasteiger partial charge in [-0.1, -0.05) is 6.07 Å². The van der Waals surface area contributed by atoms with Crippen LogP contribution in [0.2, 0.25) is 0 Å². The summed E-state index contributed by atoms with van der Waals surface area (Å²) >= 11 is 1.77. The maximum Gasteiger partial charge on any atom is 0.228 e. The Morgan fingerprint density at radius 1 is 1.52 bits per heavy atom. The molecule has 1 atom stereocenters. The smallest absolute Gasteiger partial charge is 0.228 e. The van der Waals surface area contributed by atoms with E-state index in [0.717, 1.165) is 45.9 Å². The summed E-state index contributed by atoms with van der Waals surface area (Å²) in [5.41, 5.74) is 0. The van der Waals surface area contributed by atoms with Gasteiger partial charge in [0.15, 0.2) is 0 Å². The first kappa shape index (κ1) is 15.0. The number of thiophene rings is 1. The molecule has 2 fully saturated rings. The topological polar surface area (TPSA) is 44.8 Å². The predicted molar refractivity (Wildman–Crippen MR) is 83.4 cm³/mol. The van der Waals surface area contributed by atoms with Crippen LogP contribution in [0.25, 0.3) is 0 Å². The van der Waals surface area contributed by atoms with Crippen LogP contribution < -0.4 is 5.32 Å². The highest BCUT2D eigenvalue weighted by Gasteiger charge is 2.31. The van der Waals surface area contributed by atoms with Crippen molar-refractivity contribution in [2.75, 3.05) is 53.0 Å². The van der Waals surface area contributed by atoms with Gasteiger partial charge in [0.05, 0.1) is 25.2 Å². The van der Waals surface area contributed by atoms with Gasteiger partial charge in [-0.2, -0.15) is 0 Å². The molecular weight excluding hydrogens is 286 g/mol. The van der Waals surface area contributed by atoms with Gasteiger partial charge in [0.2, 0.25) is 5.91 Å². The molecule has 1 aromatic rings. The van der Waals surface area contributed by atoms with E-state index in [9.17, 15) is 4.79 Å². The van der Waals surface area contributed by atoms with E-state index in [1.54, 1.807) is 11.3 Å². The van der Waals surface area contributed by atoms with Crippen LogP contribution in [0.1, 0.15) is 10.9 Å². The molecule has 0 saturated carbocycles. The number of nitrogens with one attached hydrogen (secondary N) is 1. The van der Waals surface area contributed by atoms with Crippen LogP contribution in [0.5, 0.6) is 0 Å². The van der Waals surface area contributed by atoms with E-state index < -0.39 is 0 Å². The van der Waals surface area contributed by atoms with Crippen molar-refractivity contribution >= 4 is 17.2 Å². The molecule has 0 spiro atoms. The first-order valence-electron chi connectivity index (χ1n) is 7.56. The molecule has 116 valence electrons. The summed E-state index contributed by atoms with van der Waals surface area (Å²) < 4.78 is 5.46. The van der Waals surface area contributed by atoms with Crippen molar-refractivity contribution in [1.82, 2.24) is 15.1 Å². The number of nitrogens with zero attached hydrogens (tertiary/aromatic N) is 2. The zero-order valence-corrected chi connectivity index (χ0v) is 13.3. The van der Waals surface area contributed by atoms with Crippen molar-refractivity contribution in [3.05, 3.63) is 22.4 Å². The van der Waals surface area contributed by atoms with E-state index >= 15 is 0 Å². The normalized spacial score (nSPS) is 21.8. The van der Waals surface area contributed by atoms with Gasteiger partial charge in [-0.05, 0) is 11.4 Å². The second kappa shape index (κ2) is 6.87. The Balaban J connectivity index is 1.67. The maximum absolute atomic E-state index is 12.4. The Morgan fingerprint density at radius 2 is 2.29 bits per heavy atom. The van der Waals surface area contributed by atoms with Crippen molar-refractivity contribution in [2.24, 2.45) is 5.92 Å². The molecule has 2 aliphatic heterocycles. The van der Waals surface area contributed by atoms with Crippen LogP contribution in [0.4, 0.5) is 0 Å². The minimum atomic E-state index is 0.170. The first-order chi connectivity index (χ1) is 10.3. The third-order valence-corrected chi connectivity index (χ3v) is 5.29. The number of ether oxygens (including phenoxy) is 1. The Labute approximate surface area is 129 Å². The lowest BCUT2D eigenvalue weighted by Crippen LogP contribution is -2.52. The Kier molecular flexibility index (Phi) is 4.90. The van der Waals surface area contributed by atoms with Gasteiger partial charge in [0.25, 0.3) is 0 Å². The highest BCUT2D eigenvalue weighted by molar-refractivity contribution is 7.10. The summed E-state index contributed by atoms with van der Waals surface area (Å²) in [6, 6.07) is 4.55. The number of carbonyl (C=O) groups excluding carboxylic acids is 1. The fourth-order valence-electron chi connectivity index (χ4n) is 2.88. The number of carbonyl (C=O) groups is 1. The molecule has 3 heterocycles. The van der Waals surface area contributed by atoms with Gasteiger partial charge >= 0.3 is 0 Å². The first-order valence-corrected chi connectivity index (χ1v) is 8.44. The molecule has 0 bridgehead atoms. The molecule has 1 N–H and O–H groups in total. The maximum atomic E-state index is 12.4. The minimum Gasteiger partial charge on any atom is -0.379 e. The number of rotatable bonds is 5. The molecule has 2 aliphatic rings. The Bertz CT molecular complexity index is 455. The third-order valence-electron chi connectivity index (χ3n) is 4.31. The lowest BCUT2D eigenvalue weighted by molar-refractivity contribution is -0.136. The predicted octanol–water partition coefficient (Wildman–Crippen LogP) is 0.799. The van der Waals surface area contributed by atoms with Crippen molar-refractivity contribution in [3.8, 4) is 0 Å². The molecule has 0 radical (unpaired) electrons. The van der Waals surface area contributed by atoms with Crippen molar-refractivity contribution in [3.63, 3.8) is 0 Å². The molecule has 3 rings (SSSR count).